The normalized spacial score (nSPS) is 11.5. The Kier molecular flexibility index (Phi) is 7.86. The van der Waals surface area contributed by atoms with Gasteiger partial charge in [0.15, 0.2) is 17.1 Å². The Bertz CT molecular complexity index is 1320. The Labute approximate surface area is 212 Å². The van der Waals surface area contributed by atoms with E-state index in [-0.39, 0.29) is 17.2 Å². The molecule has 1 unspecified atom stereocenters. The molecule has 0 saturated heterocycles. The van der Waals surface area contributed by atoms with E-state index in [1.165, 1.54) is 23.9 Å². The van der Waals surface area contributed by atoms with Gasteiger partial charge in [0, 0.05) is 11.4 Å². The van der Waals surface area contributed by atoms with Crippen molar-refractivity contribution in [1.29, 1.82) is 0 Å². The number of benzene rings is 3. The lowest BCUT2D eigenvalue weighted by molar-refractivity contribution is -0.113. The summed E-state index contributed by atoms with van der Waals surface area (Å²) in [5.74, 6) is 0.786. The number of carbonyl (C=O) groups is 2. The fourth-order valence-electron chi connectivity index (χ4n) is 3.39. The number of carboxylic acids is 1. The monoisotopic (exact) mass is 504 g/mol. The molecule has 0 aliphatic heterocycles. The minimum atomic E-state index is -1.02. The Morgan fingerprint density at radius 1 is 0.972 bits per heavy atom. The number of anilines is 1. The maximum absolute atomic E-state index is 12.5. The molecule has 2 N–H and O–H groups in total. The third-order valence-corrected chi connectivity index (χ3v) is 6.09. The lowest BCUT2D eigenvalue weighted by Crippen LogP contribution is -2.15. The Morgan fingerprint density at radius 3 is 2.28 bits per heavy atom. The molecule has 0 saturated carbocycles. The Balaban J connectivity index is 1.49. The number of amides is 1. The van der Waals surface area contributed by atoms with Crippen LogP contribution < -0.4 is 14.8 Å². The van der Waals surface area contributed by atoms with Gasteiger partial charge >= 0.3 is 5.97 Å². The van der Waals surface area contributed by atoms with Crippen LogP contribution in [0.3, 0.4) is 0 Å². The standard InChI is InChI=1S/C26H24N4O5S/c1-17(35-22-14-12-21(34-2)13-15-22)24-28-29-26(30(24)20-6-4-3-5-7-20)36-16-23(31)27-19-10-8-18(9-11-19)25(32)33/h3-15,17H,16H2,1-2H3,(H,27,31)(H,32,33). The number of carbonyl (C=O) groups excluding carboxylic acids is 1. The van der Waals surface area contributed by atoms with Crippen molar-refractivity contribution in [2.45, 2.75) is 18.2 Å². The molecule has 0 radical (unpaired) electrons. The number of methoxy groups -OCH3 is 1. The summed E-state index contributed by atoms with van der Waals surface area (Å²) in [7, 11) is 1.61. The zero-order valence-corrected chi connectivity index (χ0v) is 20.4. The molecule has 0 aliphatic carbocycles. The van der Waals surface area contributed by atoms with Gasteiger partial charge in [-0.15, -0.1) is 10.2 Å². The third kappa shape index (κ3) is 6.02. The molecule has 0 bridgehead atoms. The first-order valence-corrected chi connectivity index (χ1v) is 12.0. The number of aromatic carboxylic acids is 1. The Hall–Kier alpha value is -4.31. The average molecular weight is 505 g/mol. The minimum absolute atomic E-state index is 0.0827. The van der Waals surface area contributed by atoms with Gasteiger partial charge in [-0.2, -0.15) is 0 Å². The number of para-hydroxylation sites is 1. The first-order valence-electron chi connectivity index (χ1n) is 11.0. The maximum atomic E-state index is 12.5. The predicted octanol–water partition coefficient (Wildman–Crippen LogP) is 4.84. The number of rotatable bonds is 10. The van der Waals surface area contributed by atoms with Crippen molar-refractivity contribution in [3.63, 3.8) is 0 Å². The van der Waals surface area contributed by atoms with Crippen LogP contribution in [-0.4, -0.2) is 44.6 Å². The van der Waals surface area contributed by atoms with Crippen LogP contribution in [0.15, 0.2) is 84.0 Å². The smallest absolute Gasteiger partial charge is 0.335 e. The van der Waals surface area contributed by atoms with E-state index in [9.17, 15) is 9.59 Å². The van der Waals surface area contributed by atoms with E-state index in [2.05, 4.69) is 15.5 Å². The minimum Gasteiger partial charge on any atom is -0.497 e. The highest BCUT2D eigenvalue weighted by Crippen LogP contribution is 2.28. The second-order valence-corrected chi connectivity index (χ2v) is 8.61. The van der Waals surface area contributed by atoms with Gasteiger partial charge < -0.3 is 19.9 Å². The van der Waals surface area contributed by atoms with Crippen LogP contribution in [0.1, 0.15) is 29.2 Å². The van der Waals surface area contributed by atoms with Gasteiger partial charge in [0.25, 0.3) is 0 Å². The van der Waals surface area contributed by atoms with Crippen LogP contribution in [-0.2, 0) is 4.79 Å². The van der Waals surface area contributed by atoms with E-state index in [1.807, 2.05) is 66.1 Å². The van der Waals surface area contributed by atoms with Crippen LogP contribution in [0.25, 0.3) is 5.69 Å². The van der Waals surface area contributed by atoms with Gasteiger partial charge in [-0.25, -0.2) is 4.79 Å². The molecule has 1 heterocycles. The number of nitrogens with zero attached hydrogens (tertiary/aromatic N) is 3. The third-order valence-electron chi connectivity index (χ3n) is 5.16. The van der Waals surface area contributed by atoms with Crippen molar-refractivity contribution in [3.05, 3.63) is 90.3 Å². The second kappa shape index (κ2) is 11.4. The molecule has 10 heteroatoms. The van der Waals surface area contributed by atoms with Crippen LogP contribution in [0.2, 0.25) is 0 Å². The summed E-state index contributed by atoms with van der Waals surface area (Å²) in [5.41, 5.74) is 1.50. The summed E-state index contributed by atoms with van der Waals surface area (Å²) in [6.45, 7) is 1.88. The molecule has 0 spiro atoms. The lowest BCUT2D eigenvalue weighted by Gasteiger charge is -2.17. The Morgan fingerprint density at radius 2 is 1.64 bits per heavy atom. The summed E-state index contributed by atoms with van der Waals surface area (Å²) in [6, 6.07) is 22.9. The largest absolute Gasteiger partial charge is 0.497 e. The van der Waals surface area contributed by atoms with Crippen molar-refractivity contribution in [2.24, 2.45) is 0 Å². The first kappa shape index (κ1) is 24.8. The SMILES string of the molecule is COc1ccc(OC(C)c2nnc(SCC(=O)Nc3ccc(C(=O)O)cc3)n2-c2ccccc2)cc1. The van der Waals surface area contributed by atoms with E-state index in [1.54, 1.807) is 19.2 Å². The summed E-state index contributed by atoms with van der Waals surface area (Å²) < 4.78 is 13.2. The molecule has 1 atom stereocenters. The van der Waals surface area contributed by atoms with Crippen molar-refractivity contribution in [3.8, 4) is 17.2 Å². The van der Waals surface area contributed by atoms with Gasteiger partial charge in [0.05, 0.1) is 18.4 Å². The summed E-state index contributed by atoms with van der Waals surface area (Å²) in [6.07, 6.45) is -0.429. The van der Waals surface area contributed by atoms with Crippen LogP contribution >= 0.6 is 11.8 Å². The van der Waals surface area contributed by atoms with Gasteiger partial charge in [0.2, 0.25) is 5.91 Å². The van der Waals surface area contributed by atoms with Crippen LogP contribution in [0.5, 0.6) is 11.5 Å². The van der Waals surface area contributed by atoms with E-state index in [0.29, 0.717) is 22.4 Å². The molecule has 0 aliphatic rings. The van der Waals surface area contributed by atoms with Crippen molar-refractivity contribution in [2.75, 3.05) is 18.2 Å². The molecule has 184 valence electrons. The van der Waals surface area contributed by atoms with E-state index in [0.717, 1.165) is 11.4 Å². The van der Waals surface area contributed by atoms with Crippen LogP contribution in [0.4, 0.5) is 5.69 Å². The zero-order chi connectivity index (χ0) is 25.5. The highest BCUT2D eigenvalue weighted by Gasteiger charge is 2.21. The number of hydrogen-bond donors (Lipinski definition) is 2. The van der Waals surface area contributed by atoms with E-state index < -0.39 is 12.1 Å². The predicted molar refractivity (Wildman–Crippen MR) is 136 cm³/mol. The number of aromatic nitrogens is 3. The highest BCUT2D eigenvalue weighted by atomic mass is 32.2. The summed E-state index contributed by atoms with van der Waals surface area (Å²) >= 11 is 1.24. The number of ether oxygens (including phenoxy) is 2. The average Bonchev–Trinajstić information content (AvgIpc) is 3.33. The summed E-state index contributed by atoms with van der Waals surface area (Å²) in [4.78, 5) is 23.5. The van der Waals surface area contributed by atoms with E-state index >= 15 is 0 Å². The number of nitrogens with one attached hydrogen (secondary N) is 1. The van der Waals surface area contributed by atoms with Gasteiger partial charge in [-0.1, -0.05) is 30.0 Å². The molecule has 3 aromatic carbocycles. The van der Waals surface area contributed by atoms with Crippen molar-refractivity contribution in [1.82, 2.24) is 14.8 Å². The quantitative estimate of drug-likeness (QED) is 0.295. The molecule has 4 rings (SSSR count). The molecule has 1 aromatic heterocycles. The molecule has 4 aromatic rings. The van der Waals surface area contributed by atoms with Gasteiger partial charge in [0.1, 0.15) is 11.5 Å². The lowest BCUT2D eigenvalue weighted by atomic mass is 10.2. The van der Waals surface area contributed by atoms with Crippen LogP contribution in [0, 0.1) is 0 Å². The molecule has 36 heavy (non-hydrogen) atoms. The summed E-state index contributed by atoms with van der Waals surface area (Å²) in [5, 5.41) is 21.0. The number of thioether (sulfide) groups is 1. The molecule has 1 amide bonds. The van der Waals surface area contributed by atoms with Crippen molar-refractivity contribution >= 4 is 29.3 Å². The molecular weight excluding hydrogens is 480 g/mol. The molecular formula is C26H24N4O5S. The fraction of sp³-hybridized carbons (Fsp3) is 0.154. The highest BCUT2D eigenvalue weighted by molar-refractivity contribution is 7.99. The molecule has 0 fully saturated rings. The second-order valence-electron chi connectivity index (χ2n) is 7.67. The fourth-order valence-corrected chi connectivity index (χ4v) is 4.15. The first-order chi connectivity index (χ1) is 17.4. The van der Waals surface area contributed by atoms with E-state index in [4.69, 9.17) is 14.6 Å². The van der Waals surface area contributed by atoms with Gasteiger partial charge in [-0.3, -0.25) is 9.36 Å². The topological polar surface area (TPSA) is 116 Å². The van der Waals surface area contributed by atoms with Gasteiger partial charge in [-0.05, 0) is 67.6 Å². The zero-order valence-electron chi connectivity index (χ0n) is 19.6. The molecule has 9 nitrogen and oxygen atoms in total. The number of hydrogen-bond acceptors (Lipinski definition) is 7. The maximum Gasteiger partial charge on any atom is 0.335 e. The number of carboxylic acid groups (broad SMARTS) is 1. The van der Waals surface area contributed by atoms with Crippen molar-refractivity contribution < 1.29 is 24.2 Å².